The molecular weight excluding hydrogens is 230 g/mol. The van der Waals surface area contributed by atoms with E-state index < -0.39 is 6.10 Å². The highest BCUT2D eigenvalue weighted by Crippen LogP contribution is 2.14. The molecule has 0 fully saturated rings. The molecular formula is C14H17NO3. The summed E-state index contributed by atoms with van der Waals surface area (Å²) in [7, 11) is 0. The number of nitrogens with one attached hydrogen (secondary N) is 1. The normalized spacial score (nSPS) is 11.4. The van der Waals surface area contributed by atoms with Crippen LogP contribution in [-0.4, -0.2) is 24.3 Å². The van der Waals surface area contributed by atoms with Gasteiger partial charge in [-0.05, 0) is 38.1 Å². The number of carbonyl (C=O) groups excluding carboxylic acids is 2. The van der Waals surface area contributed by atoms with Crippen molar-refractivity contribution in [1.82, 2.24) is 5.32 Å². The van der Waals surface area contributed by atoms with E-state index in [1.54, 1.807) is 37.3 Å². The summed E-state index contributed by atoms with van der Waals surface area (Å²) in [6.45, 7) is 7.09. The number of ketones is 1. The molecule has 4 nitrogen and oxygen atoms in total. The summed E-state index contributed by atoms with van der Waals surface area (Å²) in [5.74, 6) is 0.352. The number of amides is 1. The molecule has 0 radical (unpaired) electrons. The summed E-state index contributed by atoms with van der Waals surface area (Å²) in [5.41, 5.74) is 0.617. The van der Waals surface area contributed by atoms with Gasteiger partial charge >= 0.3 is 0 Å². The lowest BCUT2D eigenvalue weighted by Crippen LogP contribution is -2.36. The molecule has 1 aromatic rings. The molecule has 96 valence electrons. The summed E-state index contributed by atoms with van der Waals surface area (Å²) in [4.78, 5) is 22.6. The fraction of sp³-hybridized carbons (Fsp3) is 0.286. The second-order valence-corrected chi connectivity index (χ2v) is 3.87. The van der Waals surface area contributed by atoms with E-state index >= 15 is 0 Å². The molecule has 0 aromatic heterocycles. The average Bonchev–Trinajstić information content (AvgIpc) is 2.36. The van der Waals surface area contributed by atoms with Gasteiger partial charge in [-0.15, -0.1) is 6.58 Å². The van der Waals surface area contributed by atoms with Gasteiger partial charge in [0.1, 0.15) is 5.75 Å². The smallest absolute Gasteiger partial charge is 0.261 e. The van der Waals surface area contributed by atoms with Crippen molar-refractivity contribution < 1.29 is 14.3 Å². The molecule has 1 aromatic carbocycles. The van der Waals surface area contributed by atoms with Crippen molar-refractivity contribution in [3.8, 4) is 5.75 Å². The Morgan fingerprint density at radius 2 is 2.00 bits per heavy atom. The second-order valence-electron chi connectivity index (χ2n) is 3.87. The first-order valence-electron chi connectivity index (χ1n) is 5.71. The Balaban J connectivity index is 2.58. The summed E-state index contributed by atoms with van der Waals surface area (Å²) < 4.78 is 5.45. The molecule has 1 amide bonds. The largest absolute Gasteiger partial charge is 0.481 e. The summed E-state index contributed by atoms with van der Waals surface area (Å²) in [5, 5.41) is 2.65. The Hall–Kier alpha value is -2.10. The van der Waals surface area contributed by atoms with E-state index in [1.807, 2.05) is 0 Å². The van der Waals surface area contributed by atoms with Gasteiger partial charge in [-0.1, -0.05) is 6.08 Å². The SMILES string of the molecule is C=CCNC(=O)C(C)Oc1ccc(C(C)=O)cc1. The Labute approximate surface area is 107 Å². The lowest BCUT2D eigenvalue weighted by molar-refractivity contribution is -0.127. The van der Waals surface area contributed by atoms with Gasteiger partial charge < -0.3 is 10.1 Å². The monoisotopic (exact) mass is 247 g/mol. The van der Waals surface area contributed by atoms with Crippen LogP contribution in [0.2, 0.25) is 0 Å². The molecule has 0 saturated heterocycles. The quantitative estimate of drug-likeness (QED) is 0.617. The third-order valence-corrected chi connectivity index (χ3v) is 2.36. The van der Waals surface area contributed by atoms with Crippen LogP contribution in [0.25, 0.3) is 0 Å². The molecule has 1 unspecified atom stereocenters. The lowest BCUT2D eigenvalue weighted by Gasteiger charge is -2.14. The predicted molar refractivity (Wildman–Crippen MR) is 69.7 cm³/mol. The van der Waals surface area contributed by atoms with Crippen LogP contribution in [0.1, 0.15) is 24.2 Å². The highest BCUT2D eigenvalue weighted by molar-refractivity contribution is 5.94. The Morgan fingerprint density at radius 3 is 2.50 bits per heavy atom. The van der Waals surface area contributed by atoms with Gasteiger partial charge in [0.25, 0.3) is 5.91 Å². The van der Waals surface area contributed by atoms with Crippen molar-refractivity contribution >= 4 is 11.7 Å². The van der Waals surface area contributed by atoms with Gasteiger partial charge in [-0.3, -0.25) is 9.59 Å². The van der Waals surface area contributed by atoms with E-state index in [-0.39, 0.29) is 11.7 Å². The Morgan fingerprint density at radius 1 is 1.39 bits per heavy atom. The molecule has 0 saturated carbocycles. The molecule has 0 aliphatic rings. The average molecular weight is 247 g/mol. The summed E-state index contributed by atoms with van der Waals surface area (Å²) >= 11 is 0. The molecule has 0 aliphatic heterocycles. The molecule has 0 bridgehead atoms. The summed E-state index contributed by atoms with van der Waals surface area (Å²) in [6, 6.07) is 6.69. The van der Waals surface area contributed by atoms with Crippen LogP contribution in [0.3, 0.4) is 0 Å². The Bertz CT molecular complexity index is 437. The summed E-state index contributed by atoms with van der Waals surface area (Å²) in [6.07, 6.45) is 1.01. The standard InChI is InChI=1S/C14H17NO3/c1-4-9-15-14(17)11(3)18-13-7-5-12(6-8-13)10(2)16/h4-8,11H,1,9H2,2-3H3,(H,15,17). The van der Waals surface area contributed by atoms with Crippen molar-refractivity contribution in [1.29, 1.82) is 0 Å². The zero-order valence-electron chi connectivity index (χ0n) is 10.6. The molecule has 18 heavy (non-hydrogen) atoms. The van der Waals surface area contributed by atoms with Crippen LogP contribution in [0, 0.1) is 0 Å². The van der Waals surface area contributed by atoms with E-state index in [2.05, 4.69) is 11.9 Å². The maximum Gasteiger partial charge on any atom is 0.261 e. The van der Waals surface area contributed by atoms with Crippen molar-refractivity contribution in [2.75, 3.05) is 6.54 Å². The number of Topliss-reactive ketones (excluding diaryl/α,β-unsaturated/α-hetero) is 1. The van der Waals surface area contributed by atoms with Crippen LogP contribution in [-0.2, 0) is 4.79 Å². The van der Waals surface area contributed by atoms with Crippen LogP contribution >= 0.6 is 0 Å². The van der Waals surface area contributed by atoms with Gasteiger partial charge in [0.15, 0.2) is 11.9 Å². The van der Waals surface area contributed by atoms with Crippen LogP contribution < -0.4 is 10.1 Å². The first kappa shape index (κ1) is 14.0. The number of carbonyl (C=O) groups is 2. The van der Waals surface area contributed by atoms with E-state index in [4.69, 9.17) is 4.74 Å². The van der Waals surface area contributed by atoms with Gasteiger partial charge in [0.2, 0.25) is 0 Å². The maximum atomic E-state index is 11.5. The van der Waals surface area contributed by atoms with E-state index in [0.717, 1.165) is 0 Å². The van der Waals surface area contributed by atoms with Gasteiger partial charge in [-0.2, -0.15) is 0 Å². The zero-order chi connectivity index (χ0) is 13.5. The zero-order valence-corrected chi connectivity index (χ0v) is 10.6. The van der Waals surface area contributed by atoms with E-state index in [9.17, 15) is 9.59 Å². The van der Waals surface area contributed by atoms with Crippen molar-refractivity contribution in [2.24, 2.45) is 0 Å². The van der Waals surface area contributed by atoms with E-state index in [1.165, 1.54) is 6.92 Å². The molecule has 0 heterocycles. The maximum absolute atomic E-state index is 11.5. The third-order valence-electron chi connectivity index (χ3n) is 2.36. The first-order chi connectivity index (χ1) is 8.54. The predicted octanol–water partition coefficient (Wildman–Crippen LogP) is 1.96. The van der Waals surface area contributed by atoms with Gasteiger partial charge in [-0.25, -0.2) is 0 Å². The van der Waals surface area contributed by atoms with Crippen molar-refractivity contribution in [3.63, 3.8) is 0 Å². The van der Waals surface area contributed by atoms with Crippen LogP contribution in [0.15, 0.2) is 36.9 Å². The van der Waals surface area contributed by atoms with E-state index in [0.29, 0.717) is 17.9 Å². The first-order valence-corrected chi connectivity index (χ1v) is 5.71. The molecule has 4 heteroatoms. The fourth-order valence-electron chi connectivity index (χ4n) is 1.34. The number of hydrogen-bond acceptors (Lipinski definition) is 3. The number of hydrogen-bond donors (Lipinski definition) is 1. The minimum atomic E-state index is -0.590. The van der Waals surface area contributed by atoms with Gasteiger partial charge in [0.05, 0.1) is 0 Å². The highest BCUT2D eigenvalue weighted by atomic mass is 16.5. The topological polar surface area (TPSA) is 55.4 Å². The molecule has 1 rings (SSSR count). The minimum absolute atomic E-state index is 0.00155. The molecule has 1 N–H and O–H groups in total. The number of benzene rings is 1. The number of rotatable bonds is 6. The highest BCUT2D eigenvalue weighted by Gasteiger charge is 2.13. The van der Waals surface area contributed by atoms with Gasteiger partial charge in [0, 0.05) is 12.1 Å². The van der Waals surface area contributed by atoms with Crippen molar-refractivity contribution in [2.45, 2.75) is 20.0 Å². The fourth-order valence-corrected chi connectivity index (χ4v) is 1.34. The minimum Gasteiger partial charge on any atom is -0.481 e. The lowest BCUT2D eigenvalue weighted by atomic mass is 10.1. The molecule has 0 aliphatic carbocycles. The number of ether oxygens (including phenoxy) is 1. The molecule has 0 spiro atoms. The Kier molecular flexibility index (Phi) is 5.11. The third kappa shape index (κ3) is 4.05. The van der Waals surface area contributed by atoms with Crippen LogP contribution in [0.5, 0.6) is 5.75 Å². The van der Waals surface area contributed by atoms with Crippen molar-refractivity contribution in [3.05, 3.63) is 42.5 Å². The molecule has 1 atom stereocenters. The second kappa shape index (κ2) is 6.59. The van der Waals surface area contributed by atoms with Crippen LogP contribution in [0.4, 0.5) is 0 Å².